The van der Waals surface area contributed by atoms with Gasteiger partial charge in [0.15, 0.2) is 0 Å². The van der Waals surface area contributed by atoms with E-state index in [0.29, 0.717) is 0 Å². The van der Waals surface area contributed by atoms with Crippen LogP contribution in [0.15, 0.2) is 121 Å². The molecule has 0 aliphatic carbocycles. The van der Waals surface area contributed by atoms with Gasteiger partial charge in [0, 0.05) is 18.1 Å². The molecule has 0 amide bonds. The minimum absolute atomic E-state index is 0.267. The third-order valence-electron chi connectivity index (χ3n) is 5.54. The van der Waals surface area contributed by atoms with Gasteiger partial charge in [-0.3, -0.25) is 0 Å². The van der Waals surface area contributed by atoms with Crippen LogP contribution in [-0.2, 0) is 0 Å². The summed E-state index contributed by atoms with van der Waals surface area (Å²) in [7, 11) is -2.52. The van der Waals surface area contributed by atoms with Gasteiger partial charge in [0.05, 0.1) is 15.7 Å². The molecule has 28 heavy (non-hydrogen) atoms. The van der Waals surface area contributed by atoms with Crippen molar-refractivity contribution in [3.8, 4) is 0 Å². The van der Waals surface area contributed by atoms with Crippen molar-refractivity contribution in [2.75, 3.05) is 0 Å². The Morgan fingerprint density at radius 2 is 0.643 bits per heavy atom. The van der Waals surface area contributed by atoms with Crippen molar-refractivity contribution in [1.82, 2.24) is 0 Å². The number of benzene rings is 4. The van der Waals surface area contributed by atoms with Gasteiger partial charge in [0.2, 0.25) is 0 Å². The van der Waals surface area contributed by atoms with Gasteiger partial charge in [0.25, 0.3) is 0 Å². The van der Waals surface area contributed by atoms with E-state index in [-0.39, 0.29) is 18.1 Å². The SMILES string of the molecule is c1ccc([SiH2][SiH](c2ccccc2)[SiH]([SiH2]c2ccccc2)c2ccccc2)cc1. The second kappa shape index (κ2) is 9.79. The molecule has 0 aliphatic heterocycles. The highest BCUT2D eigenvalue weighted by Gasteiger charge is 2.29. The average Bonchev–Trinajstić information content (AvgIpc) is 2.79. The second-order valence-corrected chi connectivity index (χ2v) is 31.8. The van der Waals surface area contributed by atoms with E-state index in [0.717, 1.165) is 0 Å². The molecular formula is C24H26Si4. The van der Waals surface area contributed by atoms with Gasteiger partial charge < -0.3 is 0 Å². The highest BCUT2D eigenvalue weighted by Crippen LogP contribution is 1.98. The van der Waals surface area contributed by atoms with Gasteiger partial charge in [-0.15, -0.1) is 0 Å². The topological polar surface area (TPSA) is 0 Å². The van der Waals surface area contributed by atoms with Crippen LogP contribution in [0.25, 0.3) is 0 Å². The first kappa shape index (κ1) is 19.1. The summed E-state index contributed by atoms with van der Waals surface area (Å²) in [6, 6.07) is 45.9. The van der Waals surface area contributed by atoms with E-state index in [2.05, 4.69) is 121 Å². The molecule has 0 fully saturated rings. The molecule has 2 unspecified atom stereocenters. The molecule has 4 heteroatoms. The summed E-state index contributed by atoms with van der Waals surface area (Å²) in [6.45, 7) is 0. The van der Waals surface area contributed by atoms with Gasteiger partial charge in [-0.25, -0.2) is 0 Å². The Labute approximate surface area is 175 Å². The standard InChI is InChI=1S/C24H26Si4/c1-5-13-21(14-6-1)25-27(23-17-9-3-10-18-23)28(24-19-11-4-12-20-24)26-22-15-7-2-8-16-22/h1-20,27-28H,25-26H2. The molecule has 138 valence electrons. The van der Waals surface area contributed by atoms with Gasteiger partial charge in [-0.2, -0.15) is 0 Å². The predicted molar refractivity (Wildman–Crippen MR) is 136 cm³/mol. The first-order valence-electron chi connectivity index (χ1n) is 10.1. The van der Waals surface area contributed by atoms with Crippen LogP contribution in [0.3, 0.4) is 0 Å². The smallest absolute Gasteiger partial charge is 0.0574 e. The average molecular weight is 427 g/mol. The van der Waals surface area contributed by atoms with E-state index in [1.165, 1.54) is 0 Å². The monoisotopic (exact) mass is 426 g/mol. The summed E-state index contributed by atoms with van der Waals surface area (Å²) in [4.78, 5) is 0. The highest BCUT2D eigenvalue weighted by molar-refractivity contribution is 7.68. The molecular weight excluding hydrogens is 401 g/mol. The first-order chi connectivity index (χ1) is 13.9. The normalized spacial score (nSPS) is 13.9. The molecule has 2 atom stereocenters. The second-order valence-electron chi connectivity index (χ2n) is 7.41. The lowest BCUT2D eigenvalue weighted by Gasteiger charge is -2.26. The van der Waals surface area contributed by atoms with Crippen molar-refractivity contribution >= 4 is 54.5 Å². The maximum Gasteiger partial charge on any atom is 0.0574 e. The highest BCUT2D eigenvalue weighted by atomic mass is 29.8. The van der Waals surface area contributed by atoms with Crippen molar-refractivity contribution in [3.05, 3.63) is 121 Å². The van der Waals surface area contributed by atoms with Gasteiger partial charge in [-0.05, 0) is 0 Å². The fraction of sp³-hybridized carbons (Fsp3) is 0. The predicted octanol–water partition coefficient (Wildman–Crippen LogP) is 0.315. The van der Waals surface area contributed by atoms with Crippen LogP contribution in [0.2, 0.25) is 0 Å². The Bertz CT molecular complexity index is 877. The fourth-order valence-electron chi connectivity index (χ4n) is 4.12. The molecule has 4 rings (SSSR count). The van der Waals surface area contributed by atoms with Crippen molar-refractivity contribution < 1.29 is 0 Å². The number of rotatable bonds is 7. The van der Waals surface area contributed by atoms with Gasteiger partial charge in [0.1, 0.15) is 0 Å². The number of hydrogen-bond donors (Lipinski definition) is 0. The van der Waals surface area contributed by atoms with Crippen LogP contribution in [0.1, 0.15) is 0 Å². The maximum atomic E-state index is 2.44. The molecule has 4 aromatic carbocycles. The fourth-order valence-corrected chi connectivity index (χ4v) is 47.1. The summed E-state index contributed by atoms with van der Waals surface area (Å²) in [6.07, 6.45) is 0. The molecule has 0 nitrogen and oxygen atoms in total. The van der Waals surface area contributed by atoms with E-state index < -0.39 is 15.7 Å². The zero-order valence-electron chi connectivity index (χ0n) is 16.1. The van der Waals surface area contributed by atoms with E-state index in [1.54, 1.807) is 20.7 Å². The molecule has 0 N–H and O–H groups in total. The molecule has 4 aromatic rings. The zero-order chi connectivity index (χ0) is 19.0. The van der Waals surface area contributed by atoms with Crippen LogP contribution >= 0.6 is 0 Å². The largest absolute Gasteiger partial charge is 0.0697 e. The summed E-state index contributed by atoms with van der Waals surface area (Å²) in [5.74, 6) is 0. The van der Waals surface area contributed by atoms with Crippen molar-refractivity contribution in [3.63, 3.8) is 0 Å². The quantitative estimate of drug-likeness (QED) is 0.373. The molecule has 0 bridgehead atoms. The summed E-state index contributed by atoms with van der Waals surface area (Å²) >= 11 is 0. The zero-order valence-corrected chi connectivity index (χ0v) is 21.3. The van der Waals surface area contributed by atoms with E-state index in [1.807, 2.05) is 0 Å². The van der Waals surface area contributed by atoms with Gasteiger partial charge in [-0.1, -0.05) is 142 Å². The van der Waals surface area contributed by atoms with Crippen LogP contribution in [0.5, 0.6) is 0 Å². The van der Waals surface area contributed by atoms with Crippen LogP contribution in [-0.4, -0.2) is 33.7 Å². The van der Waals surface area contributed by atoms with E-state index >= 15 is 0 Å². The Morgan fingerprint density at radius 3 is 0.964 bits per heavy atom. The summed E-state index contributed by atoms with van der Waals surface area (Å²) < 4.78 is 0. The Morgan fingerprint density at radius 1 is 0.357 bits per heavy atom. The van der Waals surface area contributed by atoms with Crippen LogP contribution in [0, 0.1) is 0 Å². The minimum Gasteiger partial charge on any atom is -0.0697 e. The first-order valence-corrected chi connectivity index (χ1v) is 21.8. The molecule has 0 heterocycles. The van der Waals surface area contributed by atoms with Crippen LogP contribution < -0.4 is 20.7 Å². The Balaban J connectivity index is 1.76. The Kier molecular flexibility index (Phi) is 6.67. The third-order valence-corrected chi connectivity index (χ3v) is 45.8. The molecule has 0 saturated carbocycles. The minimum atomic E-state index is -0.991. The van der Waals surface area contributed by atoms with Crippen molar-refractivity contribution in [2.45, 2.75) is 0 Å². The Hall–Kier alpha value is -2.25. The lowest BCUT2D eigenvalue weighted by atomic mass is 10.4. The van der Waals surface area contributed by atoms with E-state index in [9.17, 15) is 0 Å². The molecule has 0 aromatic heterocycles. The molecule has 0 spiro atoms. The maximum absolute atomic E-state index is 2.44. The summed E-state index contributed by atoms with van der Waals surface area (Å²) in [5, 5.41) is 6.72. The lowest BCUT2D eigenvalue weighted by molar-refractivity contribution is 1.76. The molecule has 0 saturated heterocycles. The lowest BCUT2D eigenvalue weighted by Crippen LogP contribution is -2.64. The van der Waals surface area contributed by atoms with Gasteiger partial charge >= 0.3 is 0 Å². The van der Waals surface area contributed by atoms with E-state index in [4.69, 9.17) is 0 Å². The summed E-state index contributed by atoms with van der Waals surface area (Å²) in [5.41, 5.74) is 0. The van der Waals surface area contributed by atoms with Crippen LogP contribution in [0.4, 0.5) is 0 Å². The molecule has 0 aliphatic rings. The van der Waals surface area contributed by atoms with Crippen molar-refractivity contribution in [2.24, 2.45) is 0 Å². The molecule has 0 radical (unpaired) electrons. The third kappa shape index (κ3) is 4.97. The van der Waals surface area contributed by atoms with Crippen molar-refractivity contribution in [1.29, 1.82) is 0 Å². The number of hydrogen-bond acceptors (Lipinski definition) is 0.